The predicted octanol–water partition coefficient (Wildman–Crippen LogP) is 3.26. The second-order valence-corrected chi connectivity index (χ2v) is 4.43. The molecule has 0 aromatic heterocycles. The molecule has 0 saturated heterocycles. The summed E-state index contributed by atoms with van der Waals surface area (Å²) < 4.78 is 28.0. The molecule has 0 radical (unpaired) electrons. The minimum atomic E-state index is -2.88. The Kier molecular flexibility index (Phi) is 5.24. The molecule has 1 aromatic rings. The molecule has 0 saturated carbocycles. The van der Waals surface area contributed by atoms with Gasteiger partial charge in [-0.3, -0.25) is 4.90 Å². The Labute approximate surface area is 107 Å². The van der Waals surface area contributed by atoms with E-state index < -0.39 is 5.92 Å². The number of hydrogen-bond acceptors (Lipinski definition) is 2. The quantitative estimate of drug-likeness (QED) is 0.777. The predicted molar refractivity (Wildman–Crippen MR) is 67.2 cm³/mol. The van der Waals surface area contributed by atoms with Gasteiger partial charge in [0.1, 0.15) is 0 Å². The lowest BCUT2D eigenvalue weighted by Gasteiger charge is -2.27. The zero-order chi connectivity index (χ0) is 13.6. The smallest absolute Gasteiger partial charge is 0.285 e. The van der Waals surface area contributed by atoms with Crippen LogP contribution in [0.5, 0.6) is 0 Å². The van der Waals surface area contributed by atoms with Gasteiger partial charge in [0.15, 0.2) is 0 Å². The van der Waals surface area contributed by atoms with E-state index in [0.29, 0.717) is 13.1 Å². The van der Waals surface area contributed by atoms with Gasteiger partial charge < -0.3 is 0 Å². The highest BCUT2D eigenvalue weighted by Crippen LogP contribution is 2.28. The summed E-state index contributed by atoms with van der Waals surface area (Å²) in [7, 11) is 0. The molecular weight excluding hydrogens is 234 g/mol. The van der Waals surface area contributed by atoms with E-state index in [1.54, 1.807) is 30.0 Å². The Bertz CT molecular complexity index is 398. The van der Waals surface area contributed by atoms with E-state index in [4.69, 9.17) is 5.26 Å². The van der Waals surface area contributed by atoms with Crippen molar-refractivity contribution in [1.82, 2.24) is 4.90 Å². The first-order chi connectivity index (χ1) is 8.49. The van der Waals surface area contributed by atoms with Crippen molar-refractivity contribution in [3.8, 4) is 6.07 Å². The van der Waals surface area contributed by atoms with Crippen LogP contribution in [0.2, 0.25) is 0 Å². The first-order valence-electron chi connectivity index (χ1n) is 6.05. The van der Waals surface area contributed by atoms with Crippen molar-refractivity contribution >= 4 is 0 Å². The summed E-state index contributed by atoms with van der Waals surface area (Å²) >= 11 is 0. The summed E-state index contributed by atoms with van der Waals surface area (Å²) in [6, 6.07) is 9.87. The van der Waals surface area contributed by atoms with Crippen LogP contribution in [0.1, 0.15) is 19.4 Å². The average molecular weight is 252 g/mol. The van der Waals surface area contributed by atoms with Gasteiger partial charge in [-0.1, -0.05) is 37.3 Å². The van der Waals surface area contributed by atoms with Gasteiger partial charge in [0.25, 0.3) is 5.92 Å². The van der Waals surface area contributed by atoms with Crippen molar-refractivity contribution in [2.45, 2.75) is 19.8 Å². The zero-order valence-electron chi connectivity index (χ0n) is 10.7. The first-order valence-corrected chi connectivity index (χ1v) is 6.05. The molecule has 1 atom stereocenters. The summed E-state index contributed by atoms with van der Waals surface area (Å²) in [5.41, 5.74) is 0.0214. The van der Waals surface area contributed by atoms with Crippen LogP contribution < -0.4 is 0 Å². The molecule has 0 fully saturated rings. The van der Waals surface area contributed by atoms with E-state index in [2.05, 4.69) is 6.07 Å². The third-order valence-corrected chi connectivity index (χ3v) is 2.82. The lowest BCUT2D eigenvalue weighted by Crippen LogP contribution is -2.37. The van der Waals surface area contributed by atoms with Gasteiger partial charge in [0, 0.05) is 12.1 Å². The van der Waals surface area contributed by atoms with E-state index in [1.807, 2.05) is 6.92 Å². The Morgan fingerprint density at radius 3 is 2.44 bits per heavy atom. The molecule has 0 N–H and O–H groups in total. The van der Waals surface area contributed by atoms with Crippen molar-refractivity contribution in [1.29, 1.82) is 5.26 Å². The lowest BCUT2D eigenvalue weighted by atomic mass is 10.1. The second-order valence-electron chi connectivity index (χ2n) is 4.43. The fourth-order valence-corrected chi connectivity index (χ4v) is 1.79. The van der Waals surface area contributed by atoms with Crippen LogP contribution in [0.4, 0.5) is 8.78 Å². The van der Waals surface area contributed by atoms with Gasteiger partial charge in [0.05, 0.1) is 18.5 Å². The van der Waals surface area contributed by atoms with E-state index in [9.17, 15) is 8.78 Å². The maximum absolute atomic E-state index is 14.0. The van der Waals surface area contributed by atoms with Gasteiger partial charge in [-0.2, -0.15) is 14.0 Å². The molecule has 0 aliphatic heterocycles. The first kappa shape index (κ1) is 14.6. The SMILES string of the molecule is CCN(CC(C)C#N)CC(F)(F)c1ccccc1. The minimum absolute atomic E-state index is 0.0214. The molecule has 4 heteroatoms. The molecule has 0 aliphatic carbocycles. The van der Waals surface area contributed by atoms with Crippen LogP contribution in [-0.2, 0) is 5.92 Å². The molecule has 1 rings (SSSR count). The third-order valence-electron chi connectivity index (χ3n) is 2.82. The molecule has 1 aromatic carbocycles. The van der Waals surface area contributed by atoms with Gasteiger partial charge >= 0.3 is 0 Å². The van der Waals surface area contributed by atoms with E-state index in [-0.39, 0.29) is 18.0 Å². The molecule has 2 nitrogen and oxygen atoms in total. The van der Waals surface area contributed by atoms with Crippen molar-refractivity contribution < 1.29 is 8.78 Å². The largest absolute Gasteiger partial charge is 0.296 e. The molecule has 0 spiro atoms. The summed E-state index contributed by atoms with van der Waals surface area (Å²) in [4.78, 5) is 1.61. The molecule has 0 amide bonds. The number of benzene rings is 1. The maximum Gasteiger partial charge on any atom is 0.285 e. The van der Waals surface area contributed by atoms with Gasteiger partial charge in [0.2, 0.25) is 0 Å². The number of alkyl halides is 2. The number of nitrogens with zero attached hydrogens (tertiary/aromatic N) is 2. The monoisotopic (exact) mass is 252 g/mol. The number of halogens is 2. The van der Waals surface area contributed by atoms with Gasteiger partial charge in [-0.05, 0) is 13.5 Å². The lowest BCUT2D eigenvalue weighted by molar-refractivity contribution is -0.0382. The highest BCUT2D eigenvalue weighted by atomic mass is 19.3. The average Bonchev–Trinajstić information content (AvgIpc) is 2.38. The van der Waals surface area contributed by atoms with E-state index >= 15 is 0 Å². The highest BCUT2D eigenvalue weighted by Gasteiger charge is 2.33. The van der Waals surface area contributed by atoms with Crippen LogP contribution in [0.15, 0.2) is 30.3 Å². The van der Waals surface area contributed by atoms with Crippen LogP contribution in [0, 0.1) is 17.2 Å². The second kappa shape index (κ2) is 6.46. The van der Waals surface area contributed by atoms with Crippen molar-refractivity contribution in [3.63, 3.8) is 0 Å². The number of nitriles is 1. The van der Waals surface area contributed by atoms with Gasteiger partial charge in [-0.25, -0.2) is 0 Å². The number of hydrogen-bond donors (Lipinski definition) is 0. The summed E-state index contributed by atoms with van der Waals surface area (Å²) in [6.45, 7) is 4.10. The molecule has 0 aliphatic rings. The molecule has 0 heterocycles. The van der Waals surface area contributed by atoms with Crippen molar-refractivity contribution in [3.05, 3.63) is 35.9 Å². The van der Waals surface area contributed by atoms with Crippen molar-refractivity contribution in [2.24, 2.45) is 5.92 Å². The van der Waals surface area contributed by atoms with E-state index in [0.717, 1.165) is 0 Å². The van der Waals surface area contributed by atoms with E-state index in [1.165, 1.54) is 12.1 Å². The Morgan fingerprint density at radius 2 is 1.94 bits per heavy atom. The fraction of sp³-hybridized carbons (Fsp3) is 0.500. The Morgan fingerprint density at radius 1 is 1.33 bits per heavy atom. The van der Waals surface area contributed by atoms with Crippen LogP contribution in [0.3, 0.4) is 0 Å². The molecule has 1 unspecified atom stereocenters. The molecule has 18 heavy (non-hydrogen) atoms. The molecular formula is C14H18F2N2. The number of rotatable bonds is 6. The summed E-state index contributed by atoms with van der Waals surface area (Å²) in [5, 5.41) is 8.73. The Balaban J connectivity index is 2.72. The highest BCUT2D eigenvalue weighted by molar-refractivity contribution is 5.20. The Hall–Kier alpha value is -1.47. The third kappa shape index (κ3) is 4.08. The summed E-state index contributed by atoms with van der Waals surface area (Å²) in [6.07, 6.45) is 0. The topological polar surface area (TPSA) is 27.0 Å². The minimum Gasteiger partial charge on any atom is -0.296 e. The maximum atomic E-state index is 14.0. The standard InChI is InChI=1S/C14H18F2N2/c1-3-18(10-12(2)9-17)11-14(15,16)13-7-5-4-6-8-13/h4-8,12H,3,10-11H2,1-2H3. The fourth-order valence-electron chi connectivity index (χ4n) is 1.79. The normalized spacial score (nSPS) is 13.3. The molecule has 0 bridgehead atoms. The van der Waals surface area contributed by atoms with Crippen molar-refractivity contribution in [2.75, 3.05) is 19.6 Å². The van der Waals surface area contributed by atoms with Crippen LogP contribution in [0.25, 0.3) is 0 Å². The number of likely N-dealkylation sites (N-methyl/N-ethyl adjacent to an activating group) is 1. The zero-order valence-corrected chi connectivity index (χ0v) is 10.7. The molecule has 98 valence electrons. The van der Waals surface area contributed by atoms with Gasteiger partial charge in [-0.15, -0.1) is 0 Å². The summed E-state index contributed by atoms with van der Waals surface area (Å²) in [5.74, 6) is -3.12. The van der Waals surface area contributed by atoms with Crippen LogP contribution in [-0.4, -0.2) is 24.5 Å². The van der Waals surface area contributed by atoms with Crippen LogP contribution >= 0.6 is 0 Å².